The molecule has 0 aliphatic rings. The molecule has 0 aliphatic heterocycles. The summed E-state index contributed by atoms with van der Waals surface area (Å²) in [6.45, 7) is 4.43. The summed E-state index contributed by atoms with van der Waals surface area (Å²) >= 11 is 12.1. The first-order valence-electron chi connectivity index (χ1n) is 8.13. The van der Waals surface area contributed by atoms with Gasteiger partial charge < -0.3 is 15.4 Å². The molecule has 0 fully saturated rings. The SMILES string of the molecule is CCOC(=O)c1ccc(NC(C)=O)c(CNCc2ccc(Cl)cc2Cl)c1. The van der Waals surface area contributed by atoms with Gasteiger partial charge in [-0.3, -0.25) is 4.79 Å². The Morgan fingerprint density at radius 2 is 1.77 bits per heavy atom. The standard InChI is InChI=1S/C19H20Cl2N2O3/c1-3-26-19(25)13-5-7-18(23-12(2)24)15(8-13)11-22-10-14-4-6-16(20)9-17(14)21/h4-9,22H,3,10-11H2,1-2H3,(H,23,24). The second kappa shape index (κ2) is 9.57. The zero-order valence-corrected chi connectivity index (χ0v) is 16.1. The number of anilines is 1. The molecule has 2 aromatic rings. The lowest BCUT2D eigenvalue weighted by molar-refractivity contribution is -0.114. The molecule has 0 atom stereocenters. The first-order valence-corrected chi connectivity index (χ1v) is 8.88. The third-order valence-corrected chi connectivity index (χ3v) is 4.16. The van der Waals surface area contributed by atoms with Crippen LogP contribution in [0.25, 0.3) is 0 Å². The van der Waals surface area contributed by atoms with Crippen LogP contribution in [0.1, 0.15) is 35.3 Å². The summed E-state index contributed by atoms with van der Waals surface area (Å²) in [4.78, 5) is 23.3. The Bertz CT molecular complexity index is 809. The highest BCUT2D eigenvalue weighted by atomic mass is 35.5. The minimum atomic E-state index is -0.399. The fourth-order valence-corrected chi connectivity index (χ4v) is 2.87. The molecule has 0 saturated carbocycles. The van der Waals surface area contributed by atoms with E-state index in [-0.39, 0.29) is 5.91 Å². The number of hydrogen-bond acceptors (Lipinski definition) is 4. The summed E-state index contributed by atoms with van der Waals surface area (Å²) in [6, 6.07) is 10.3. The first-order chi connectivity index (χ1) is 12.4. The lowest BCUT2D eigenvalue weighted by Crippen LogP contribution is -2.17. The van der Waals surface area contributed by atoms with Crippen molar-refractivity contribution in [1.82, 2.24) is 5.32 Å². The van der Waals surface area contributed by atoms with E-state index < -0.39 is 5.97 Å². The number of halogens is 2. The highest BCUT2D eigenvalue weighted by Gasteiger charge is 2.11. The van der Waals surface area contributed by atoms with Crippen LogP contribution in [0.2, 0.25) is 10.0 Å². The zero-order valence-electron chi connectivity index (χ0n) is 14.6. The average molecular weight is 395 g/mol. The molecule has 138 valence electrons. The summed E-state index contributed by atoms with van der Waals surface area (Å²) < 4.78 is 5.03. The Morgan fingerprint density at radius 1 is 1.04 bits per heavy atom. The van der Waals surface area contributed by atoms with Crippen molar-refractivity contribution >= 4 is 40.8 Å². The van der Waals surface area contributed by atoms with Crippen LogP contribution in [0, 0.1) is 0 Å². The third-order valence-electron chi connectivity index (χ3n) is 3.57. The highest BCUT2D eigenvalue weighted by Crippen LogP contribution is 2.22. The van der Waals surface area contributed by atoms with Gasteiger partial charge in [0.25, 0.3) is 0 Å². The molecule has 2 aromatic carbocycles. The van der Waals surface area contributed by atoms with E-state index in [1.807, 2.05) is 6.07 Å². The Labute approximate surface area is 162 Å². The second-order valence-corrected chi connectivity index (χ2v) is 6.46. The number of benzene rings is 2. The molecule has 5 nitrogen and oxygen atoms in total. The van der Waals surface area contributed by atoms with Crippen molar-refractivity contribution in [2.24, 2.45) is 0 Å². The number of rotatable bonds is 7. The molecule has 0 bridgehead atoms. The molecule has 0 unspecified atom stereocenters. The number of carbonyl (C=O) groups excluding carboxylic acids is 2. The summed E-state index contributed by atoms with van der Waals surface area (Å²) in [5.41, 5.74) is 2.75. The van der Waals surface area contributed by atoms with Crippen LogP contribution in [0.4, 0.5) is 5.69 Å². The quantitative estimate of drug-likeness (QED) is 0.682. The molecule has 0 aliphatic carbocycles. The molecule has 2 N–H and O–H groups in total. The molecule has 2 rings (SSSR count). The van der Waals surface area contributed by atoms with E-state index in [9.17, 15) is 9.59 Å². The number of hydrogen-bond donors (Lipinski definition) is 2. The minimum absolute atomic E-state index is 0.184. The number of amides is 1. The van der Waals surface area contributed by atoms with Crippen LogP contribution < -0.4 is 10.6 Å². The van der Waals surface area contributed by atoms with Gasteiger partial charge in [-0.15, -0.1) is 0 Å². The molecular formula is C19H20Cl2N2O3. The van der Waals surface area contributed by atoms with Gasteiger partial charge in [-0.25, -0.2) is 4.79 Å². The Kier molecular flexibility index (Phi) is 7.45. The maximum atomic E-state index is 11.9. The van der Waals surface area contributed by atoms with Crippen LogP contribution in [-0.4, -0.2) is 18.5 Å². The average Bonchev–Trinajstić information content (AvgIpc) is 2.58. The number of ether oxygens (including phenoxy) is 1. The van der Waals surface area contributed by atoms with Gasteiger partial charge in [-0.2, -0.15) is 0 Å². The summed E-state index contributed by atoms with van der Waals surface area (Å²) in [5, 5.41) is 7.18. The van der Waals surface area contributed by atoms with E-state index in [2.05, 4.69) is 10.6 Å². The van der Waals surface area contributed by atoms with Crippen LogP contribution >= 0.6 is 23.2 Å². The molecule has 0 heterocycles. The third kappa shape index (κ3) is 5.73. The van der Waals surface area contributed by atoms with E-state index in [1.165, 1.54) is 6.92 Å². The molecule has 7 heteroatoms. The van der Waals surface area contributed by atoms with Gasteiger partial charge in [0.2, 0.25) is 5.91 Å². The summed E-state index contributed by atoms with van der Waals surface area (Å²) in [6.07, 6.45) is 0. The van der Waals surface area contributed by atoms with Crippen molar-refractivity contribution in [2.45, 2.75) is 26.9 Å². The van der Waals surface area contributed by atoms with Crippen molar-refractivity contribution < 1.29 is 14.3 Å². The molecular weight excluding hydrogens is 375 g/mol. The van der Waals surface area contributed by atoms with Crippen molar-refractivity contribution in [3.63, 3.8) is 0 Å². The Morgan fingerprint density at radius 3 is 2.42 bits per heavy atom. The fraction of sp³-hybridized carbons (Fsp3) is 0.263. The van der Waals surface area contributed by atoms with E-state index >= 15 is 0 Å². The van der Waals surface area contributed by atoms with E-state index in [0.717, 1.165) is 11.1 Å². The summed E-state index contributed by atoms with van der Waals surface area (Å²) in [7, 11) is 0. The minimum Gasteiger partial charge on any atom is -0.462 e. The molecule has 0 radical (unpaired) electrons. The highest BCUT2D eigenvalue weighted by molar-refractivity contribution is 6.35. The number of nitrogens with one attached hydrogen (secondary N) is 2. The zero-order chi connectivity index (χ0) is 19.1. The maximum Gasteiger partial charge on any atom is 0.338 e. The Balaban J connectivity index is 2.14. The van der Waals surface area contributed by atoms with E-state index in [1.54, 1.807) is 37.3 Å². The van der Waals surface area contributed by atoms with Crippen LogP contribution in [0.15, 0.2) is 36.4 Å². The van der Waals surface area contributed by atoms with Gasteiger partial charge >= 0.3 is 5.97 Å². The summed E-state index contributed by atoms with van der Waals surface area (Å²) in [5.74, 6) is -0.584. The predicted molar refractivity (Wildman–Crippen MR) is 104 cm³/mol. The lowest BCUT2D eigenvalue weighted by atomic mass is 10.1. The van der Waals surface area contributed by atoms with Crippen LogP contribution in [0.5, 0.6) is 0 Å². The van der Waals surface area contributed by atoms with Gasteiger partial charge in [0.15, 0.2) is 0 Å². The number of carbonyl (C=O) groups is 2. The van der Waals surface area contributed by atoms with Crippen molar-refractivity contribution in [2.75, 3.05) is 11.9 Å². The second-order valence-electron chi connectivity index (χ2n) is 5.61. The van der Waals surface area contributed by atoms with Crippen LogP contribution in [0.3, 0.4) is 0 Å². The molecule has 0 saturated heterocycles. The van der Waals surface area contributed by atoms with Gasteiger partial charge in [0.05, 0.1) is 12.2 Å². The van der Waals surface area contributed by atoms with Gasteiger partial charge in [0.1, 0.15) is 0 Å². The largest absolute Gasteiger partial charge is 0.462 e. The van der Waals surface area contributed by atoms with Gasteiger partial charge in [0, 0.05) is 35.7 Å². The van der Waals surface area contributed by atoms with Gasteiger partial charge in [-0.05, 0) is 48.4 Å². The van der Waals surface area contributed by atoms with Crippen molar-refractivity contribution in [1.29, 1.82) is 0 Å². The molecule has 26 heavy (non-hydrogen) atoms. The van der Waals surface area contributed by atoms with E-state index in [0.29, 0.717) is 41.0 Å². The predicted octanol–water partition coefficient (Wildman–Crippen LogP) is 4.42. The monoisotopic (exact) mass is 394 g/mol. The maximum absolute atomic E-state index is 11.9. The Hall–Kier alpha value is -2.08. The van der Waals surface area contributed by atoms with Crippen molar-refractivity contribution in [3.8, 4) is 0 Å². The molecule has 1 amide bonds. The number of esters is 1. The van der Waals surface area contributed by atoms with E-state index in [4.69, 9.17) is 27.9 Å². The van der Waals surface area contributed by atoms with Gasteiger partial charge in [-0.1, -0.05) is 29.3 Å². The lowest BCUT2D eigenvalue weighted by Gasteiger charge is -2.13. The first kappa shape index (κ1) is 20.2. The molecule has 0 spiro atoms. The normalized spacial score (nSPS) is 10.5. The van der Waals surface area contributed by atoms with Crippen molar-refractivity contribution in [3.05, 3.63) is 63.1 Å². The topological polar surface area (TPSA) is 67.4 Å². The van der Waals surface area contributed by atoms with Crippen LogP contribution in [-0.2, 0) is 22.6 Å². The smallest absolute Gasteiger partial charge is 0.338 e. The fourth-order valence-electron chi connectivity index (χ4n) is 2.39. The molecule has 0 aromatic heterocycles.